The van der Waals surface area contributed by atoms with Gasteiger partial charge in [0.25, 0.3) is 0 Å². The summed E-state index contributed by atoms with van der Waals surface area (Å²) in [5.74, 6) is 1.79. The molecule has 0 amide bonds. The highest BCUT2D eigenvalue weighted by molar-refractivity contribution is 7.89. The van der Waals surface area contributed by atoms with Gasteiger partial charge in [0.05, 0.1) is 5.75 Å². The van der Waals surface area contributed by atoms with E-state index in [1.54, 1.807) is 4.31 Å². The van der Waals surface area contributed by atoms with E-state index >= 15 is 0 Å². The van der Waals surface area contributed by atoms with Gasteiger partial charge in [-0.3, -0.25) is 0 Å². The lowest BCUT2D eigenvalue weighted by Gasteiger charge is -2.13. The monoisotopic (exact) mass is 269 g/mol. The van der Waals surface area contributed by atoms with E-state index in [-0.39, 0.29) is 12.5 Å². The average molecular weight is 269 g/mol. The third kappa shape index (κ3) is 2.18. The standard InChI is InChI=1S/C12H15NO4S/c14-18(15)7-1-5-13(18)6-4-10-2-3-11-12(8-10)17-9-16-11/h2-3,8H,1,4-7,9H2. The van der Waals surface area contributed by atoms with Crippen LogP contribution in [0, 0.1) is 0 Å². The van der Waals surface area contributed by atoms with E-state index in [4.69, 9.17) is 9.47 Å². The van der Waals surface area contributed by atoms with E-state index in [0.29, 0.717) is 19.5 Å². The lowest BCUT2D eigenvalue weighted by molar-refractivity contribution is 0.174. The zero-order chi connectivity index (χ0) is 12.6. The van der Waals surface area contributed by atoms with E-state index in [1.807, 2.05) is 18.2 Å². The maximum atomic E-state index is 11.7. The Kier molecular flexibility index (Phi) is 2.91. The minimum absolute atomic E-state index is 0.263. The Bertz CT molecular complexity index is 555. The molecule has 0 aliphatic carbocycles. The normalized spacial score (nSPS) is 21.3. The van der Waals surface area contributed by atoms with Gasteiger partial charge in [-0.2, -0.15) is 0 Å². The van der Waals surface area contributed by atoms with Crippen molar-refractivity contribution in [2.45, 2.75) is 12.8 Å². The molecule has 98 valence electrons. The number of ether oxygens (including phenoxy) is 2. The fourth-order valence-corrected chi connectivity index (χ4v) is 3.82. The molecule has 6 heteroatoms. The van der Waals surface area contributed by atoms with Crippen molar-refractivity contribution in [3.8, 4) is 11.5 Å². The molecule has 2 heterocycles. The summed E-state index contributed by atoms with van der Waals surface area (Å²) in [5, 5.41) is 0. The number of hydrogen-bond donors (Lipinski definition) is 0. The molecule has 0 aromatic heterocycles. The Labute approximate surface area is 106 Å². The van der Waals surface area contributed by atoms with Crippen LogP contribution in [0.1, 0.15) is 12.0 Å². The topological polar surface area (TPSA) is 55.8 Å². The second kappa shape index (κ2) is 4.44. The Morgan fingerprint density at radius 1 is 1.22 bits per heavy atom. The first-order chi connectivity index (χ1) is 8.65. The molecule has 1 fully saturated rings. The van der Waals surface area contributed by atoms with Crippen LogP contribution in [-0.2, 0) is 16.4 Å². The predicted molar refractivity (Wildman–Crippen MR) is 66.2 cm³/mol. The highest BCUT2D eigenvalue weighted by atomic mass is 32.2. The zero-order valence-corrected chi connectivity index (χ0v) is 10.8. The molecule has 0 saturated carbocycles. The van der Waals surface area contributed by atoms with E-state index in [2.05, 4.69) is 0 Å². The van der Waals surface area contributed by atoms with Crippen molar-refractivity contribution in [1.82, 2.24) is 4.31 Å². The Morgan fingerprint density at radius 2 is 2.06 bits per heavy atom. The Morgan fingerprint density at radius 3 is 2.83 bits per heavy atom. The minimum atomic E-state index is -2.99. The summed E-state index contributed by atoms with van der Waals surface area (Å²) in [6.45, 7) is 1.45. The van der Waals surface area contributed by atoms with Crippen LogP contribution < -0.4 is 9.47 Å². The summed E-state index contributed by atoms with van der Waals surface area (Å²) in [7, 11) is -2.99. The molecule has 5 nitrogen and oxygen atoms in total. The summed E-state index contributed by atoms with van der Waals surface area (Å²) in [5.41, 5.74) is 1.07. The maximum absolute atomic E-state index is 11.7. The van der Waals surface area contributed by atoms with Gasteiger partial charge < -0.3 is 9.47 Å². The van der Waals surface area contributed by atoms with Crippen molar-refractivity contribution >= 4 is 10.0 Å². The average Bonchev–Trinajstić information content (AvgIpc) is 2.91. The SMILES string of the molecule is O=S1(=O)CCCN1CCc1ccc2c(c1)OCO2. The van der Waals surface area contributed by atoms with Gasteiger partial charge in [-0.05, 0) is 30.5 Å². The van der Waals surface area contributed by atoms with Crippen LogP contribution in [-0.4, -0.2) is 38.4 Å². The summed E-state index contributed by atoms with van der Waals surface area (Å²) in [6.07, 6.45) is 1.44. The van der Waals surface area contributed by atoms with Gasteiger partial charge in [0.2, 0.25) is 16.8 Å². The van der Waals surface area contributed by atoms with Crippen LogP contribution in [0.25, 0.3) is 0 Å². The maximum Gasteiger partial charge on any atom is 0.231 e. The third-order valence-corrected chi connectivity index (χ3v) is 5.25. The fourth-order valence-electron chi connectivity index (χ4n) is 2.29. The van der Waals surface area contributed by atoms with Crippen LogP contribution in [0.4, 0.5) is 0 Å². The van der Waals surface area contributed by atoms with Crippen molar-refractivity contribution < 1.29 is 17.9 Å². The summed E-state index contributed by atoms with van der Waals surface area (Å²) in [6, 6.07) is 5.75. The second-order valence-corrected chi connectivity index (χ2v) is 6.59. The first-order valence-electron chi connectivity index (χ1n) is 6.01. The number of sulfonamides is 1. The van der Waals surface area contributed by atoms with Gasteiger partial charge in [0.15, 0.2) is 11.5 Å². The number of rotatable bonds is 3. The molecule has 1 saturated heterocycles. The molecule has 18 heavy (non-hydrogen) atoms. The Balaban J connectivity index is 1.67. The van der Waals surface area contributed by atoms with E-state index < -0.39 is 10.0 Å². The first-order valence-corrected chi connectivity index (χ1v) is 7.62. The van der Waals surface area contributed by atoms with E-state index in [9.17, 15) is 8.42 Å². The van der Waals surface area contributed by atoms with Crippen molar-refractivity contribution in [2.75, 3.05) is 25.6 Å². The molecule has 1 aromatic rings. The molecular formula is C12H15NO4S. The molecule has 0 unspecified atom stereocenters. The van der Waals surface area contributed by atoms with Crippen molar-refractivity contribution in [1.29, 1.82) is 0 Å². The minimum Gasteiger partial charge on any atom is -0.454 e. The molecule has 0 bridgehead atoms. The highest BCUT2D eigenvalue weighted by Gasteiger charge is 2.27. The van der Waals surface area contributed by atoms with Gasteiger partial charge >= 0.3 is 0 Å². The smallest absolute Gasteiger partial charge is 0.231 e. The van der Waals surface area contributed by atoms with Gasteiger partial charge in [0, 0.05) is 13.1 Å². The van der Waals surface area contributed by atoms with Crippen LogP contribution in [0.15, 0.2) is 18.2 Å². The van der Waals surface area contributed by atoms with Crippen LogP contribution >= 0.6 is 0 Å². The number of fused-ring (bicyclic) bond motifs is 1. The molecule has 3 rings (SSSR count). The largest absolute Gasteiger partial charge is 0.454 e. The number of nitrogens with zero attached hydrogens (tertiary/aromatic N) is 1. The van der Waals surface area contributed by atoms with E-state index in [0.717, 1.165) is 23.5 Å². The molecule has 0 N–H and O–H groups in total. The van der Waals surface area contributed by atoms with Gasteiger partial charge in [-0.15, -0.1) is 0 Å². The van der Waals surface area contributed by atoms with Gasteiger partial charge in [0.1, 0.15) is 0 Å². The van der Waals surface area contributed by atoms with Crippen LogP contribution in [0.2, 0.25) is 0 Å². The lowest BCUT2D eigenvalue weighted by Crippen LogP contribution is -2.27. The second-order valence-electron chi connectivity index (χ2n) is 4.51. The molecule has 2 aliphatic rings. The van der Waals surface area contributed by atoms with Gasteiger partial charge in [-0.25, -0.2) is 12.7 Å². The summed E-state index contributed by atoms with van der Waals surface area (Å²) < 4.78 is 35.4. The van der Waals surface area contributed by atoms with Gasteiger partial charge in [-0.1, -0.05) is 6.07 Å². The predicted octanol–water partition coefficient (Wildman–Crippen LogP) is 0.993. The van der Waals surface area contributed by atoms with Crippen LogP contribution in [0.5, 0.6) is 11.5 Å². The Hall–Kier alpha value is -1.27. The summed E-state index contributed by atoms with van der Waals surface area (Å²) >= 11 is 0. The number of hydrogen-bond acceptors (Lipinski definition) is 4. The quantitative estimate of drug-likeness (QED) is 0.821. The molecule has 0 radical (unpaired) electrons. The third-order valence-electron chi connectivity index (χ3n) is 3.29. The molecular weight excluding hydrogens is 254 g/mol. The number of benzene rings is 1. The highest BCUT2D eigenvalue weighted by Crippen LogP contribution is 2.32. The molecule has 0 spiro atoms. The van der Waals surface area contributed by atoms with Crippen molar-refractivity contribution in [2.24, 2.45) is 0 Å². The molecule has 1 aromatic carbocycles. The summed E-state index contributed by atoms with van der Waals surface area (Å²) in [4.78, 5) is 0. The van der Waals surface area contributed by atoms with Crippen molar-refractivity contribution in [3.63, 3.8) is 0 Å². The van der Waals surface area contributed by atoms with E-state index in [1.165, 1.54) is 0 Å². The first kappa shape index (κ1) is 11.8. The lowest BCUT2D eigenvalue weighted by atomic mass is 10.1. The zero-order valence-electron chi connectivity index (χ0n) is 9.96. The van der Waals surface area contributed by atoms with Crippen molar-refractivity contribution in [3.05, 3.63) is 23.8 Å². The molecule has 2 aliphatic heterocycles. The molecule has 0 atom stereocenters. The fraction of sp³-hybridized carbons (Fsp3) is 0.500. The van der Waals surface area contributed by atoms with Crippen LogP contribution in [0.3, 0.4) is 0 Å².